The molecule has 2 rings (SSSR count). The van der Waals surface area contributed by atoms with Gasteiger partial charge in [-0.3, -0.25) is 9.78 Å². The zero-order valence-electron chi connectivity index (χ0n) is 12.8. The molecule has 1 amide bonds. The lowest BCUT2D eigenvalue weighted by molar-refractivity contribution is 0.0944. The fourth-order valence-electron chi connectivity index (χ4n) is 2.30. The molecule has 0 radical (unpaired) electrons. The number of hydrogen-bond acceptors (Lipinski definition) is 5. The van der Waals surface area contributed by atoms with Crippen molar-refractivity contribution in [2.24, 2.45) is 0 Å². The number of nitrogens with zero attached hydrogens (tertiary/aromatic N) is 1. The van der Waals surface area contributed by atoms with Gasteiger partial charge in [-0.1, -0.05) is 0 Å². The Morgan fingerprint density at radius 1 is 1.52 bits per heavy atom. The average molecular weight is 323 g/mol. The van der Waals surface area contributed by atoms with Gasteiger partial charge in [-0.2, -0.15) is 11.8 Å². The fraction of sp³-hybridized carbons (Fsp3) is 0.467. The first-order valence-electron chi connectivity index (χ1n) is 6.90. The van der Waals surface area contributed by atoms with Gasteiger partial charge in [0.05, 0.1) is 5.69 Å². The number of nitrogen functional groups attached to an aromatic ring is 1. The number of anilines is 1. The molecule has 0 bridgehead atoms. The summed E-state index contributed by atoms with van der Waals surface area (Å²) in [5.74, 6) is 0.949. The number of amides is 1. The third-order valence-corrected chi connectivity index (χ3v) is 5.15. The van der Waals surface area contributed by atoms with Crippen LogP contribution in [0, 0.1) is 13.8 Å². The lowest BCUT2D eigenvalue weighted by atomic mass is 10.2. The van der Waals surface area contributed by atoms with E-state index in [4.69, 9.17) is 5.73 Å². The van der Waals surface area contributed by atoms with Gasteiger partial charge in [0, 0.05) is 27.5 Å². The maximum absolute atomic E-state index is 12.4. The highest BCUT2D eigenvalue weighted by atomic mass is 32.2. The van der Waals surface area contributed by atoms with Gasteiger partial charge in [0.25, 0.3) is 5.91 Å². The van der Waals surface area contributed by atoms with Crippen LogP contribution in [0.25, 0.3) is 10.1 Å². The number of fused-ring (bicyclic) bond motifs is 1. The molecule has 0 fully saturated rings. The molecule has 114 valence electrons. The van der Waals surface area contributed by atoms with E-state index >= 15 is 0 Å². The highest BCUT2D eigenvalue weighted by Gasteiger charge is 2.19. The maximum Gasteiger partial charge on any atom is 0.263 e. The Morgan fingerprint density at radius 3 is 2.90 bits per heavy atom. The van der Waals surface area contributed by atoms with Crippen LogP contribution in [0.15, 0.2) is 6.07 Å². The number of aryl methyl sites for hydroxylation is 2. The standard InChI is InChI=1S/C15H21N3OS2/c1-8(5-6-20-4)18-15(19)14-13(16)12-10(3)17-9(2)7-11(12)21-14/h7-8H,5-6,16H2,1-4H3,(H,18,19). The van der Waals surface area contributed by atoms with E-state index in [1.165, 1.54) is 11.3 Å². The second kappa shape index (κ2) is 6.66. The molecular weight excluding hydrogens is 302 g/mol. The Kier molecular flexibility index (Phi) is 5.11. The molecular formula is C15H21N3OS2. The molecule has 2 aromatic heterocycles. The molecule has 0 saturated heterocycles. The van der Waals surface area contributed by atoms with E-state index in [1.54, 1.807) is 11.8 Å². The van der Waals surface area contributed by atoms with Crippen LogP contribution in [0.4, 0.5) is 5.69 Å². The monoisotopic (exact) mass is 323 g/mol. The third kappa shape index (κ3) is 3.49. The number of rotatable bonds is 5. The molecule has 0 saturated carbocycles. The highest BCUT2D eigenvalue weighted by Crippen LogP contribution is 2.35. The summed E-state index contributed by atoms with van der Waals surface area (Å²) in [6.45, 7) is 5.91. The summed E-state index contributed by atoms with van der Waals surface area (Å²) in [6.07, 6.45) is 3.02. The van der Waals surface area contributed by atoms with Crippen LogP contribution >= 0.6 is 23.1 Å². The normalized spacial score (nSPS) is 12.6. The van der Waals surface area contributed by atoms with E-state index in [1.807, 2.05) is 26.8 Å². The van der Waals surface area contributed by atoms with Crippen LogP contribution in [0.1, 0.15) is 34.4 Å². The van der Waals surface area contributed by atoms with Crippen molar-refractivity contribution in [1.82, 2.24) is 10.3 Å². The van der Waals surface area contributed by atoms with Crippen molar-refractivity contribution in [3.63, 3.8) is 0 Å². The molecule has 3 N–H and O–H groups in total. The maximum atomic E-state index is 12.4. The van der Waals surface area contributed by atoms with E-state index in [9.17, 15) is 4.79 Å². The molecule has 21 heavy (non-hydrogen) atoms. The van der Waals surface area contributed by atoms with Crippen molar-refractivity contribution >= 4 is 44.8 Å². The molecule has 0 aliphatic carbocycles. The van der Waals surface area contributed by atoms with Crippen LogP contribution in [0.2, 0.25) is 0 Å². The first kappa shape index (κ1) is 16.1. The van der Waals surface area contributed by atoms with Crippen LogP contribution in [0.3, 0.4) is 0 Å². The van der Waals surface area contributed by atoms with Gasteiger partial charge in [0.2, 0.25) is 0 Å². The number of carbonyl (C=O) groups is 1. The zero-order valence-corrected chi connectivity index (χ0v) is 14.5. The van der Waals surface area contributed by atoms with E-state index in [-0.39, 0.29) is 11.9 Å². The molecule has 0 aliphatic rings. The summed E-state index contributed by atoms with van der Waals surface area (Å²) < 4.78 is 1.03. The number of carbonyl (C=O) groups excluding carboxylic acids is 1. The molecule has 6 heteroatoms. The Balaban J connectivity index is 2.28. The van der Waals surface area contributed by atoms with Gasteiger partial charge in [-0.05, 0) is 45.3 Å². The van der Waals surface area contributed by atoms with Crippen LogP contribution in [-0.2, 0) is 0 Å². The van der Waals surface area contributed by atoms with Crippen LogP contribution in [-0.4, -0.2) is 28.9 Å². The molecule has 0 spiro atoms. The molecule has 2 aromatic rings. The summed E-state index contributed by atoms with van der Waals surface area (Å²) in [6, 6.07) is 2.13. The third-order valence-electron chi connectivity index (χ3n) is 3.36. The second-order valence-electron chi connectivity index (χ2n) is 5.22. The number of aromatic nitrogens is 1. The zero-order chi connectivity index (χ0) is 15.6. The van der Waals surface area contributed by atoms with Gasteiger partial charge < -0.3 is 11.1 Å². The predicted molar refractivity (Wildman–Crippen MR) is 93.4 cm³/mol. The van der Waals surface area contributed by atoms with E-state index < -0.39 is 0 Å². The van der Waals surface area contributed by atoms with Crippen LogP contribution < -0.4 is 11.1 Å². The second-order valence-corrected chi connectivity index (χ2v) is 7.26. The minimum atomic E-state index is -0.0839. The Hall–Kier alpha value is -1.27. The topological polar surface area (TPSA) is 68.0 Å². The van der Waals surface area contributed by atoms with Gasteiger partial charge >= 0.3 is 0 Å². The summed E-state index contributed by atoms with van der Waals surface area (Å²) in [5.41, 5.74) is 8.55. The molecule has 0 aromatic carbocycles. The largest absolute Gasteiger partial charge is 0.397 e. The summed E-state index contributed by atoms with van der Waals surface area (Å²) >= 11 is 3.23. The van der Waals surface area contributed by atoms with Crippen molar-refractivity contribution in [1.29, 1.82) is 0 Å². The Labute approximate surface area is 133 Å². The number of hydrogen-bond donors (Lipinski definition) is 2. The number of nitrogens with one attached hydrogen (secondary N) is 1. The summed E-state index contributed by atoms with van der Waals surface area (Å²) in [4.78, 5) is 17.4. The van der Waals surface area contributed by atoms with E-state index in [2.05, 4.69) is 16.6 Å². The van der Waals surface area contributed by atoms with Crippen molar-refractivity contribution in [3.8, 4) is 0 Å². The van der Waals surface area contributed by atoms with E-state index in [0.717, 1.165) is 33.6 Å². The minimum Gasteiger partial charge on any atom is -0.397 e. The van der Waals surface area contributed by atoms with Crippen molar-refractivity contribution < 1.29 is 4.79 Å². The van der Waals surface area contributed by atoms with Gasteiger partial charge in [0.15, 0.2) is 0 Å². The lowest BCUT2D eigenvalue weighted by Crippen LogP contribution is -2.32. The van der Waals surface area contributed by atoms with Gasteiger partial charge in [0.1, 0.15) is 4.88 Å². The quantitative estimate of drug-likeness (QED) is 0.885. The predicted octanol–water partition coefficient (Wildman–Crippen LogP) is 3.37. The lowest BCUT2D eigenvalue weighted by Gasteiger charge is -2.12. The number of thioether (sulfide) groups is 1. The smallest absolute Gasteiger partial charge is 0.263 e. The first-order chi connectivity index (χ1) is 9.93. The number of thiophene rings is 1. The fourth-order valence-corrected chi connectivity index (χ4v) is 4.07. The summed E-state index contributed by atoms with van der Waals surface area (Å²) in [5, 5.41) is 3.93. The summed E-state index contributed by atoms with van der Waals surface area (Å²) in [7, 11) is 0. The van der Waals surface area contributed by atoms with Gasteiger partial charge in [-0.15, -0.1) is 11.3 Å². The van der Waals surface area contributed by atoms with E-state index in [0.29, 0.717) is 10.6 Å². The SMILES string of the molecule is CSCCC(C)NC(=O)c1sc2cc(C)nc(C)c2c1N. The molecule has 1 atom stereocenters. The number of nitrogens with two attached hydrogens (primary N) is 1. The minimum absolute atomic E-state index is 0.0839. The van der Waals surface area contributed by atoms with Crippen LogP contribution in [0.5, 0.6) is 0 Å². The molecule has 4 nitrogen and oxygen atoms in total. The van der Waals surface area contributed by atoms with Crippen molar-refractivity contribution in [2.75, 3.05) is 17.7 Å². The molecule has 1 unspecified atom stereocenters. The molecule has 2 heterocycles. The van der Waals surface area contributed by atoms with Crippen molar-refractivity contribution in [2.45, 2.75) is 33.2 Å². The Bertz CT molecular complexity index is 666. The van der Waals surface area contributed by atoms with Crippen molar-refractivity contribution in [3.05, 3.63) is 22.3 Å². The number of pyridine rings is 1. The first-order valence-corrected chi connectivity index (χ1v) is 9.11. The highest BCUT2D eigenvalue weighted by molar-refractivity contribution is 7.98. The molecule has 0 aliphatic heterocycles. The van der Waals surface area contributed by atoms with Gasteiger partial charge in [-0.25, -0.2) is 0 Å². The Morgan fingerprint density at radius 2 is 2.24 bits per heavy atom. The average Bonchev–Trinajstić information content (AvgIpc) is 2.73.